The highest BCUT2D eigenvalue weighted by molar-refractivity contribution is 5.93. The molecule has 0 radical (unpaired) electrons. The minimum Gasteiger partial charge on any atom is -0.462 e. The standard InChI is InChI=1S/C22H24N2O2/c1-4-14-24-20-13-12-18(26-17(5-2)6-3)15-19(20)21(23-22(24)25)16-10-8-7-9-11-16/h5,7-13,15H,4,6,14H2,1-3H3. The number of hydrogen-bond acceptors (Lipinski definition) is 3. The topological polar surface area (TPSA) is 44.1 Å². The normalized spacial score (nSPS) is 11.7. The van der Waals surface area contributed by atoms with Crippen LogP contribution >= 0.6 is 0 Å². The number of aryl methyl sites for hydroxylation is 1. The fourth-order valence-corrected chi connectivity index (χ4v) is 3.07. The van der Waals surface area contributed by atoms with Crippen molar-refractivity contribution in [3.8, 4) is 17.0 Å². The summed E-state index contributed by atoms with van der Waals surface area (Å²) in [5, 5.41) is 0.924. The van der Waals surface area contributed by atoms with E-state index in [9.17, 15) is 4.79 Å². The number of allylic oxidation sites excluding steroid dienone is 2. The summed E-state index contributed by atoms with van der Waals surface area (Å²) in [7, 11) is 0. The Bertz CT molecular complexity index is 988. The van der Waals surface area contributed by atoms with Crippen LogP contribution in [-0.2, 0) is 6.54 Å². The Labute approximate surface area is 153 Å². The van der Waals surface area contributed by atoms with E-state index in [4.69, 9.17) is 4.74 Å². The van der Waals surface area contributed by atoms with E-state index in [1.54, 1.807) is 4.57 Å². The number of nitrogens with zero attached hydrogens (tertiary/aromatic N) is 2. The van der Waals surface area contributed by atoms with Crippen LogP contribution in [-0.4, -0.2) is 9.55 Å². The first-order valence-corrected chi connectivity index (χ1v) is 9.11. The van der Waals surface area contributed by atoms with Gasteiger partial charge in [0.25, 0.3) is 0 Å². The molecular formula is C22H24N2O2. The van der Waals surface area contributed by atoms with Crippen LogP contribution in [0.25, 0.3) is 22.2 Å². The van der Waals surface area contributed by atoms with Gasteiger partial charge in [-0.3, -0.25) is 4.57 Å². The molecular weight excluding hydrogens is 324 g/mol. The lowest BCUT2D eigenvalue weighted by Gasteiger charge is -2.14. The molecule has 4 heteroatoms. The largest absolute Gasteiger partial charge is 0.462 e. The number of rotatable bonds is 6. The monoisotopic (exact) mass is 348 g/mol. The number of aromatic nitrogens is 2. The van der Waals surface area contributed by atoms with Gasteiger partial charge in [0.1, 0.15) is 5.75 Å². The summed E-state index contributed by atoms with van der Waals surface area (Å²) in [4.78, 5) is 17.0. The average Bonchev–Trinajstić information content (AvgIpc) is 2.68. The number of hydrogen-bond donors (Lipinski definition) is 0. The third-order valence-electron chi connectivity index (χ3n) is 4.37. The van der Waals surface area contributed by atoms with Gasteiger partial charge in [0.05, 0.1) is 17.0 Å². The van der Waals surface area contributed by atoms with Crippen molar-refractivity contribution < 1.29 is 4.74 Å². The van der Waals surface area contributed by atoms with E-state index in [2.05, 4.69) is 18.8 Å². The summed E-state index contributed by atoms with van der Waals surface area (Å²) in [6.45, 7) is 6.73. The molecule has 0 saturated heterocycles. The maximum atomic E-state index is 12.6. The van der Waals surface area contributed by atoms with Gasteiger partial charge in [0.15, 0.2) is 0 Å². The molecule has 0 aliphatic rings. The van der Waals surface area contributed by atoms with Gasteiger partial charge in [0, 0.05) is 23.9 Å². The predicted molar refractivity (Wildman–Crippen MR) is 106 cm³/mol. The summed E-state index contributed by atoms with van der Waals surface area (Å²) in [6.07, 6.45) is 3.67. The van der Waals surface area contributed by atoms with Crippen molar-refractivity contribution in [2.45, 2.75) is 40.2 Å². The third-order valence-corrected chi connectivity index (χ3v) is 4.37. The van der Waals surface area contributed by atoms with Crippen LogP contribution in [0.4, 0.5) is 0 Å². The summed E-state index contributed by atoms with van der Waals surface area (Å²) in [5.41, 5.74) is 2.30. The highest BCUT2D eigenvalue weighted by Crippen LogP contribution is 2.29. The minimum absolute atomic E-state index is 0.213. The van der Waals surface area contributed by atoms with Crippen molar-refractivity contribution in [1.82, 2.24) is 9.55 Å². The molecule has 1 aromatic heterocycles. The first-order chi connectivity index (χ1) is 12.7. The van der Waals surface area contributed by atoms with E-state index in [0.29, 0.717) is 12.2 Å². The highest BCUT2D eigenvalue weighted by atomic mass is 16.5. The van der Waals surface area contributed by atoms with Gasteiger partial charge in [-0.15, -0.1) is 0 Å². The van der Waals surface area contributed by atoms with Gasteiger partial charge >= 0.3 is 5.69 Å². The summed E-state index contributed by atoms with van der Waals surface area (Å²) >= 11 is 0. The Kier molecular flexibility index (Phi) is 5.52. The van der Waals surface area contributed by atoms with Gasteiger partial charge in [-0.2, -0.15) is 4.98 Å². The quantitative estimate of drug-likeness (QED) is 0.578. The molecule has 0 aliphatic heterocycles. The van der Waals surface area contributed by atoms with Crippen molar-refractivity contribution in [3.63, 3.8) is 0 Å². The smallest absolute Gasteiger partial charge is 0.348 e. The SMILES string of the molecule is CC=C(CC)Oc1ccc2c(c1)c(-c1ccccc1)nc(=O)n2CCC. The van der Waals surface area contributed by atoms with Gasteiger partial charge in [-0.25, -0.2) is 4.79 Å². The Morgan fingerprint density at radius 1 is 1.15 bits per heavy atom. The Morgan fingerprint density at radius 2 is 1.92 bits per heavy atom. The van der Waals surface area contributed by atoms with Crippen LogP contribution in [0.3, 0.4) is 0 Å². The molecule has 0 amide bonds. The van der Waals surface area contributed by atoms with E-state index < -0.39 is 0 Å². The van der Waals surface area contributed by atoms with Crippen LogP contribution in [0.5, 0.6) is 5.75 Å². The lowest BCUT2D eigenvalue weighted by molar-refractivity contribution is 0.409. The first kappa shape index (κ1) is 17.9. The van der Waals surface area contributed by atoms with Crippen LogP contribution < -0.4 is 10.4 Å². The zero-order chi connectivity index (χ0) is 18.5. The van der Waals surface area contributed by atoms with Crippen molar-refractivity contribution in [2.75, 3.05) is 0 Å². The van der Waals surface area contributed by atoms with Crippen molar-refractivity contribution in [2.24, 2.45) is 0 Å². The Hall–Kier alpha value is -2.88. The maximum Gasteiger partial charge on any atom is 0.348 e. The summed E-state index contributed by atoms with van der Waals surface area (Å²) in [5.74, 6) is 1.67. The minimum atomic E-state index is -0.213. The molecule has 0 aliphatic carbocycles. The molecule has 3 aromatic rings. The predicted octanol–water partition coefficient (Wildman–Crippen LogP) is 5.17. The molecule has 4 nitrogen and oxygen atoms in total. The second kappa shape index (κ2) is 8.00. The average molecular weight is 348 g/mol. The van der Waals surface area contributed by atoms with E-state index in [1.807, 2.05) is 61.5 Å². The summed E-state index contributed by atoms with van der Waals surface area (Å²) < 4.78 is 7.73. The lowest BCUT2D eigenvalue weighted by Crippen LogP contribution is -2.24. The van der Waals surface area contributed by atoms with Gasteiger partial charge in [-0.1, -0.05) is 44.2 Å². The fraction of sp³-hybridized carbons (Fsp3) is 0.273. The van der Waals surface area contributed by atoms with Gasteiger partial charge in [-0.05, 0) is 37.6 Å². The summed E-state index contributed by atoms with van der Waals surface area (Å²) in [6, 6.07) is 15.7. The zero-order valence-corrected chi connectivity index (χ0v) is 15.5. The molecule has 0 unspecified atom stereocenters. The van der Waals surface area contributed by atoms with E-state index in [1.165, 1.54) is 0 Å². The molecule has 0 N–H and O–H groups in total. The van der Waals surface area contributed by atoms with Crippen LogP contribution in [0.1, 0.15) is 33.6 Å². The molecule has 3 rings (SSSR count). The number of fused-ring (bicyclic) bond motifs is 1. The number of benzene rings is 2. The zero-order valence-electron chi connectivity index (χ0n) is 15.5. The third kappa shape index (κ3) is 3.54. The molecule has 2 aromatic carbocycles. The van der Waals surface area contributed by atoms with Crippen molar-refractivity contribution in [3.05, 3.63) is 70.9 Å². The Morgan fingerprint density at radius 3 is 2.58 bits per heavy atom. The lowest BCUT2D eigenvalue weighted by atomic mass is 10.1. The van der Waals surface area contributed by atoms with Crippen LogP contribution in [0, 0.1) is 0 Å². The second-order valence-electron chi connectivity index (χ2n) is 6.15. The molecule has 0 bridgehead atoms. The van der Waals surface area contributed by atoms with E-state index in [-0.39, 0.29) is 5.69 Å². The first-order valence-electron chi connectivity index (χ1n) is 9.11. The van der Waals surface area contributed by atoms with Crippen LogP contribution in [0.15, 0.2) is 65.2 Å². The molecule has 0 spiro atoms. The molecule has 1 heterocycles. The van der Waals surface area contributed by atoms with E-state index in [0.717, 1.165) is 40.8 Å². The molecule has 0 saturated carbocycles. The highest BCUT2D eigenvalue weighted by Gasteiger charge is 2.13. The number of ether oxygens (including phenoxy) is 1. The van der Waals surface area contributed by atoms with Crippen molar-refractivity contribution >= 4 is 10.9 Å². The fourth-order valence-electron chi connectivity index (χ4n) is 3.07. The maximum absolute atomic E-state index is 12.6. The Balaban J connectivity index is 2.25. The van der Waals surface area contributed by atoms with Gasteiger partial charge < -0.3 is 4.74 Å². The molecule has 134 valence electrons. The van der Waals surface area contributed by atoms with Gasteiger partial charge in [0.2, 0.25) is 0 Å². The van der Waals surface area contributed by atoms with Crippen LogP contribution in [0.2, 0.25) is 0 Å². The molecule has 0 fully saturated rings. The second-order valence-corrected chi connectivity index (χ2v) is 6.15. The molecule has 0 atom stereocenters. The van der Waals surface area contributed by atoms with Crippen molar-refractivity contribution in [1.29, 1.82) is 0 Å². The molecule has 26 heavy (non-hydrogen) atoms. The van der Waals surface area contributed by atoms with E-state index >= 15 is 0 Å².